The van der Waals surface area contributed by atoms with Crippen LogP contribution in [0.5, 0.6) is 0 Å². The van der Waals surface area contributed by atoms with Crippen LogP contribution in [0, 0.1) is 0 Å². The predicted molar refractivity (Wildman–Crippen MR) is 332 cm³/mol. The summed E-state index contributed by atoms with van der Waals surface area (Å²) in [4.78, 5) is 13.1. The van der Waals surface area contributed by atoms with Gasteiger partial charge in [-0.1, -0.05) is 300 Å². The SMILES string of the molecule is CCCCCCCCCC/C=C\CCCCCCCCCCCCCCCC(=O)NC(COC1OC(CO)C(O)C(O)C1O)C(O)/C=C/CC/C=C/CC/C=C/CCCCCCCCCCCCCCCCCCCCCC. The molecule has 0 aromatic heterocycles. The highest BCUT2D eigenvalue weighted by Gasteiger charge is 2.44. The first-order valence-electron chi connectivity index (χ1n) is 33.9. The molecule has 9 nitrogen and oxygen atoms in total. The van der Waals surface area contributed by atoms with E-state index in [1.165, 1.54) is 263 Å². The van der Waals surface area contributed by atoms with E-state index >= 15 is 0 Å². The van der Waals surface area contributed by atoms with Gasteiger partial charge in [0, 0.05) is 6.42 Å². The van der Waals surface area contributed by atoms with Crippen LogP contribution >= 0.6 is 0 Å². The van der Waals surface area contributed by atoms with Crippen LogP contribution in [-0.2, 0) is 14.3 Å². The fourth-order valence-corrected chi connectivity index (χ4v) is 10.8. The summed E-state index contributed by atoms with van der Waals surface area (Å²) in [6.07, 6.45) is 72.1. The Bertz CT molecular complexity index is 1370. The van der Waals surface area contributed by atoms with Crippen molar-refractivity contribution in [2.24, 2.45) is 0 Å². The summed E-state index contributed by atoms with van der Waals surface area (Å²) in [6, 6.07) is -0.830. The van der Waals surface area contributed by atoms with Crippen LogP contribution in [0.4, 0.5) is 0 Å². The van der Waals surface area contributed by atoms with Crippen molar-refractivity contribution in [3.8, 4) is 0 Å². The Morgan fingerprint density at radius 1 is 0.423 bits per heavy atom. The second kappa shape index (κ2) is 58.4. The van der Waals surface area contributed by atoms with E-state index in [-0.39, 0.29) is 12.5 Å². The molecule has 1 saturated heterocycles. The molecular weight excluding hydrogens is 971 g/mol. The molecule has 1 amide bonds. The lowest BCUT2D eigenvalue weighted by molar-refractivity contribution is -0.302. The third kappa shape index (κ3) is 46.7. The highest BCUT2D eigenvalue weighted by molar-refractivity contribution is 5.76. The molecule has 0 saturated carbocycles. The van der Waals surface area contributed by atoms with Crippen LogP contribution in [0.1, 0.15) is 328 Å². The van der Waals surface area contributed by atoms with Gasteiger partial charge in [0.15, 0.2) is 6.29 Å². The van der Waals surface area contributed by atoms with Gasteiger partial charge in [0.1, 0.15) is 24.4 Å². The smallest absolute Gasteiger partial charge is 0.220 e. The highest BCUT2D eigenvalue weighted by Crippen LogP contribution is 2.23. The molecule has 0 bridgehead atoms. The third-order valence-corrected chi connectivity index (χ3v) is 16.1. The molecule has 9 heteroatoms. The van der Waals surface area contributed by atoms with Crippen molar-refractivity contribution in [3.63, 3.8) is 0 Å². The van der Waals surface area contributed by atoms with Crippen molar-refractivity contribution >= 4 is 5.91 Å². The molecule has 1 fully saturated rings. The van der Waals surface area contributed by atoms with E-state index < -0.39 is 49.5 Å². The Morgan fingerprint density at radius 2 is 0.731 bits per heavy atom. The topological polar surface area (TPSA) is 149 Å². The highest BCUT2D eigenvalue weighted by atomic mass is 16.7. The number of aliphatic hydroxyl groups excluding tert-OH is 5. The van der Waals surface area contributed by atoms with Crippen molar-refractivity contribution in [1.82, 2.24) is 5.32 Å². The summed E-state index contributed by atoms with van der Waals surface area (Å²) in [5, 5.41) is 54.7. The molecule has 0 radical (unpaired) electrons. The Balaban J connectivity index is 2.18. The van der Waals surface area contributed by atoms with E-state index in [0.717, 1.165) is 44.9 Å². The average Bonchev–Trinajstić information content (AvgIpc) is 3.45. The zero-order valence-corrected chi connectivity index (χ0v) is 51.2. The minimum absolute atomic E-state index is 0.187. The van der Waals surface area contributed by atoms with Crippen molar-refractivity contribution in [1.29, 1.82) is 0 Å². The number of hydrogen-bond acceptors (Lipinski definition) is 8. The normalized spacial score (nSPS) is 18.9. The number of carbonyl (C=O) groups excluding carboxylic acids is 1. The van der Waals surface area contributed by atoms with Gasteiger partial charge >= 0.3 is 0 Å². The van der Waals surface area contributed by atoms with Gasteiger partial charge in [-0.3, -0.25) is 4.79 Å². The number of allylic oxidation sites excluding steroid dienone is 7. The number of amides is 1. The first kappa shape index (κ1) is 74.2. The second-order valence-electron chi connectivity index (χ2n) is 23.6. The van der Waals surface area contributed by atoms with Gasteiger partial charge in [-0.25, -0.2) is 0 Å². The number of aliphatic hydroxyl groups is 5. The monoisotopic (exact) mass is 1100 g/mol. The van der Waals surface area contributed by atoms with Gasteiger partial charge in [0.05, 0.1) is 25.4 Å². The molecule has 7 atom stereocenters. The summed E-state index contributed by atoms with van der Waals surface area (Å²) < 4.78 is 11.3. The molecule has 78 heavy (non-hydrogen) atoms. The lowest BCUT2D eigenvalue weighted by Crippen LogP contribution is -2.60. The van der Waals surface area contributed by atoms with Gasteiger partial charge in [-0.15, -0.1) is 0 Å². The minimum Gasteiger partial charge on any atom is -0.394 e. The molecule has 7 unspecified atom stereocenters. The molecule has 1 aliphatic rings. The molecule has 6 N–H and O–H groups in total. The van der Waals surface area contributed by atoms with E-state index in [2.05, 4.69) is 55.6 Å². The molecule has 1 rings (SSSR count). The molecule has 0 aliphatic carbocycles. The maximum absolute atomic E-state index is 13.1. The largest absolute Gasteiger partial charge is 0.394 e. The summed E-state index contributed by atoms with van der Waals surface area (Å²) in [5.41, 5.74) is 0. The third-order valence-electron chi connectivity index (χ3n) is 16.1. The molecular formula is C69H129NO8. The molecule has 0 aromatic rings. The molecule has 0 spiro atoms. The second-order valence-corrected chi connectivity index (χ2v) is 23.6. The van der Waals surface area contributed by atoms with Crippen LogP contribution in [0.25, 0.3) is 0 Å². The quantitative estimate of drug-likeness (QED) is 0.0261. The van der Waals surface area contributed by atoms with E-state index in [1.807, 2.05) is 6.08 Å². The molecule has 0 aromatic carbocycles. The lowest BCUT2D eigenvalue weighted by Gasteiger charge is -2.40. The predicted octanol–water partition coefficient (Wildman–Crippen LogP) is 18.0. The molecule has 1 heterocycles. The Morgan fingerprint density at radius 3 is 1.08 bits per heavy atom. The van der Waals surface area contributed by atoms with Gasteiger partial charge in [0.2, 0.25) is 5.91 Å². The zero-order chi connectivity index (χ0) is 56.5. The minimum atomic E-state index is -1.58. The Labute approximate surface area is 482 Å². The Kier molecular flexibility index (Phi) is 55.5. The Hall–Kier alpha value is -1.85. The number of carbonyl (C=O) groups is 1. The van der Waals surface area contributed by atoms with Crippen molar-refractivity contribution in [2.75, 3.05) is 13.2 Å². The number of unbranched alkanes of at least 4 members (excludes halogenated alkanes) is 43. The summed E-state index contributed by atoms with van der Waals surface area (Å²) in [7, 11) is 0. The van der Waals surface area contributed by atoms with Crippen molar-refractivity contribution in [3.05, 3.63) is 48.6 Å². The average molecular weight is 1100 g/mol. The summed E-state index contributed by atoms with van der Waals surface area (Å²) >= 11 is 0. The van der Waals surface area contributed by atoms with Crippen LogP contribution in [0.15, 0.2) is 48.6 Å². The van der Waals surface area contributed by atoms with Gasteiger partial charge < -0.3 is 40.3 Å². The van der Waals surface area contributed by atoms with Crippen molar-refractivity contribution in [2.45, 2.75) is 371 Å². The molecule has 458 valence electrons. The fourth-order valence-electron chi connectivity index (χ4n) is 10.8. The molecule has 1 aliphatic heterocycles. The summed E-state index contributed by atoms with van der Waals surface area (Å²) in [5.74, 6) is -0.187. The maximum Gasteiger partial charge on any atom is 0.220 e. The first-order chi connectivity index (χ1) is 38.3. The standard InChI is InChI=1S/C69H129NO8/c1-3-5-7-9-11-13-15-17-19-21-23-25-27-29-30-31-32-33-35-36-38-40-42-44-46-48-50-52-54-56-58-63(72)62(61-77-69-68(76)67(75)66(74)64(60-71)78-69)70-65(73)59-57-55-53-51-49-47-45-43-41-39-37-34-28-26-24-22-20-18-16-14-12-10-8-6-4-2/h22,24,40,42,48,50,56,58,62-64,66-69,71-72,74-76H,3-21,23,25-39,41,43-47,49,51-55,57,59-61H2,1-2H3,(H,70,73)/b24-22-,42-40+,50-48+,58-56+. The maximum atomic E-state index is 13.1. The van der Waals surface area contributed by atoms with Crippen LogP contribution < -0.4 is 5.32 Å². The van der Waals surface area contributed by atoms with E-state index in [9.17, 15) is 30.3 Å². The fraction of sp³-hybridized carbons (Fsp3) is 0.870. The van der Waals surface area contributed by atoms with Gasteiger partial charge in [-0.2, -0.15) is 0 Å². The number of hydrogen-bond donors (Lipinski definition) is 6. The van der Waals surface area contributed by atoms with Crippen LogP contribution in [-0.4, -0.2) is 87.5 Å². The van der Waals surface area contributed by atoms with Gasteiger partial charge in [-0.05, 0) is 70.6 Å². The number of nitrogens with one attached hydrogen (secondary N) is 1. The first-order valence-corrected chi connectivity index (χ1v) is 33.9. The van der Waals surface area contributed by atoms with Crippen molar-refractivity contribution < 1.29 is 39.8 Å². The lowest BCUT2D eigenvalue weighted by atomic mass is 9.99. The van der Waals surface area contributed by atoms with Crippen LogP contribution in [0.3, 0.4) is 0 Å². The number of rotatable bonds is 59. The number of ether oxygens (including phenoxy) is 2. The summed E-state index contributed by atoms with van der Waals surface area (Å²) in [6.45, 7) is 3.80. The van der Waals surface area contributed by atoms with E-state index in [0.29, 0.717) is 6.42 Å². The van der Waals surface area contributed by atoms with Gasteiger partial charge in [0.25, 0.3) is 0 Å². The van der Waals surface area contributed by atoms with E-state index in [4.69, 9.17) is 9.47 Å². The van der Waals surface area contributed by atoms with Crippen LogP contribution in [0.2, 0.25) is 0 Å². The zero-order valence-electron chi connectivity index (χ0n) is 51.2. The van der Waals surface area contributed by atoms with E-state index in [1.54, 1.807) is 6.08 Å².